The van der Waals surface area contributed by atoms with Gasteiger partial charge in [-0.05, 0) is 30.5 Å². The Kier molecular flexibility index (Phi) is 2.90. The van der Waals surface area contributed by atoms with Crippen molar-refractivity contribution in [3.8, 4) is 5.75 Å². The Hall–Kier alpha value is -0.350. The van der Waals surface area contributed by atoms with Crippen LogP contribution in [0.3, 0.4) is 0 Å². The van der Waals surface area contributed by atoms with Crippen LogP contribution in [0.25, 0.3) is 0 Å². The number of aryl methyl sites for hydroxylation is 1. The summed E-state index contributed by atoms with van der Waals surface area (Å²) in [7, 11) is 1.60. The van der Waals surface area contributed by atoms with E-state index in [4.69, 9.17) is 4.74 Å². The first-order valence-corrected chi connectivity index (χ1v) is 6.23. The van der Waals surface area contributed by atoms with Crippen molar-refractivity contribution in [2.45, 2.75) is 16.1 Å². The summed E-state index contributed by atoms with van der Waals surface area (Å²) >= 11 is 6.80. The van der Waals surface area contributed by atoms with Crippen LogP contribution in [-0.2, 0) is 6.42 Å². The smallest absolute Gasteiger partial charge is 0.190 e. The van der Waals surface area contributed by atoms with E-state index in [-0.39, 0.29) is 5.78 Å². The predicted molar refractivity (Wildman–Crippen MR) is 66.2 cm³/mol. The lowest BCUT2D eigenvalue weighted by atomic mass is 9.90. The summed E-state index contributed by atoms with van der Waals surface area (Å²) in [6.45, 7) is 0. The second kappa shape index (κ2) is 3.91. The highest BCUT2D eigenvalue weighted by molar-refractivity contribution is 9.26. The Balaban J connectivity index is 2.49. The third-order valence-corrected chi connectivity index (χ3v) is 4.12. The summed E-state index contributed by atoms with van der Waals surface area (Å²) < 4.78 is 4.52. The van der Waals surface area contributed by atoms with E-state index in [0.29, 0.717) is 0 Å². The Morgan fingerprint density at radius 1 is 1.40 bits per heavy atom. The quantitative estimate of drug-likeness (QED) is 0.737. The normalized spacial score (nSPS) is 18.5. The van der Waals surface area contributed by atoms with E-state index >= 15 is 0 Å². The van der Waals surface area contributed by atoms with Crippen LogP contribution in [0.5, 0.6) is 5.75 Å². The van der Waals surface area contributed by atoms with Gasteiger partial charge in [0.25, 0.3) is 0 Å². The minimum atomic E-state index is -0.598. The van der Waals surface area contributed by atoms with Gasteiger partial charge in [-0.15, -0.1) is 0 Å². The van der Waals surface area contributed by atoms with E-state index in [1.165, 1.54) is 0 Å². The molecule has 0 amide bonds. The number of ketones is 1. The number of methoxy groups -OCH3 is 1. The molecule has 0 unspecified atom stereocenters. The lowest BCUT2D eigenvalue weighted by Crippen LogP contribution is -2.30. The summed E-state index contributed by atoms with van der Waals surface area (Å²) in [6, 6.07) is 5.65. The van der Waals surface area contributed by atoms with Gasteiger partial charge in [0.2, 0.25) is 0 Å². The largest absolute Gasteiger partial charge is 0.497 e. The fourth-order valence-corrected chi connectivity index (χ4v) is 2.54. The number of ether oxygens (including phenoxy) is 1. The fourth-order valence-electron chi connectivity index (χ4n) is 1.71. The van der Waals surface area contributed by atoms with Gasteiger partial charge in [-0.2, -0.15) is 0 Å². The third kappa shape index (κ3) is 1.97. The highest BCUT2D eigenvalue weighted by Crippen LogP contribution is 2.40. The number of rotatable bonds is 1. The van der Waals surface area contributed by atoms with Crippen molar-refractivity contribution in [3.05, 3.63) is 29.3 Å². The van der Waals surface area contributed by atoms with Crippen molar-refractivity contribution < 1.29 is 9.53 Å². The number of hydrogen-bond donors (Lipinski definition) is 0. The first-order chi connectivity index (χ1) is 7.04. The molecule has 1 aliphatic rings. The van der Waals surface area contributed by atoms with E-state index in [1.54, 1.807) is 13.2 Å². The van der Waals surface area contributed by atoms with E-state index in [2.05, 4.69) is 31.9 Å². The Bertz CT molecular complexity index is 413. The predicted octanol–water partition coefficient (Wildman–Crippen LogP) is 3.31. The summed E-state index contributed by atoms with van der Waals surface area (Å²) in [4.78, 5) is 12.1. The molecule has 80 valence electrons. The van der Waals surface area contributed by atoms with Crippen molar-refractivity contribution in [1.29, 1.82) is 0 Å². The van der Waals surface area contributed by atoms with Crippen molar-refractivity contribution in [3.63, 3.8) is 0 Å². The molecular weight excluding hydrogens is 324 g/mol. The van der Waals surface area contributed by atoms with E-state index < -0.39 is 3.23 Å². The first-order valence-electron chi connectivity index (χ1n) is 4.64. The number of carbonyl (C=O) groups is 1. The van der Waals surface area contributed by atoms with E-state index in [9.17, 15) is 4.79 Å². The van der Waals surface area contributed by atoms with Gasteiger partial charge >= 0.3 is 0 Å². The Morgan fingerprint density at radius 3 is 2.80 bits per heavy atom. The van der Waals surface area contributed by atoms with Crippen molar-refractivity contribution in [2.75, 3.05) is 7.11 Å². The standard InChI is InChI=1S/C11H10Br2O2/c1-15-8-3-2-7-4-5-11(12,13)10(14)9(7)6-8/h2-3,6H,4-5H2,1H3. The van der Waals surface area contributed by atoms with E-state index in [1.807, 2.05) is 12.1 Å². The van der Waals surface area contributed by atoms with Gasteiger partial charge in [0.1, 0.15) is 8.98 Å². The van der Waals surface area contributed by atoms with Crippen LogP contribution in [0.15, 0.2) is 18.2 Å². The molecule has 0 saturated heterocycles. The number of fused-ring (bicyclic) bond motifs is 1. The number of hydrogen-bond acceptors (Lipinski definition) is 2. The topological polar surface area (TPSA) is 26.3 Å². The Labute approximate surface area is 105 Å². The molecule has 0 bridgehead atoms. The molecule has 0 radical (unpaired) electrons. The number of halogens is 2. The van der Waals surface area contributed by atoms with Crippen LogP contribution in [-0.4, -0.2) is 16.1 Å². The van der Waals surface area contributed by atoms with Gasteiger partial charge in [0.05, 0.1) is 7.11 Å². The highest BCUT2D eigenvalue weighted by Gasteiger charge is 2.37. The maximum absolute atomic E-state index is 12.1. The molecule has 15 heavy (non-hydrogen) atoms. The molecule has 0 fully saturated rings. The monoisotopic (exact) mass is 332 g/mol. The molecule has 0 saturated carbocycles. The van der Waals surface area contributed by atoms with Crippen LogP contribution in [0, 0.1) is 0 Å². The van der Waals surface area contributed by atoms with Gasteiger partial charge < -0.3 is 4.74 Å². The van der Waals surface area contributed by atoms with Crippen LogP contribution < -0.4 is 4.74 Å². The second-order valence-electron chi connectivity index (χ2n) is 3.56. The molecule has 0 spiro atoms. The summed E-state index contributed by atoms with van der Waals surface area (Å²) in [5.41, 5.74) is 1.84. The zero-order valence-corrected chi connectivity index (χ0v) is 11.4. The maximum atomic E-state index is 12.1. The van der Waals surface area contributed by atoms with Crippen LogP contribution in [0.4, 0.5) is 0 Å². The van der Waals surface area contributed by atoms with Crippen LogP contribution >= 0.6 is 31.9 Å². The highest BCUT2D eigenvalue weighted by atomic mass is 79.9. The average Bonchev–Trinajstić information content (AvgIpc) is 2.24. The summed E-state index contributed by atoms with van der Waals surface area (Å²) in [5.74, 6) is 0.794. The maximum Gasteiger partial charge on any atom is 0.190 e. The number of Topliss-reactive ketones (excluding diaryl/α,β-unsaturated/α-hetero) is 1. The molecule has 1 aromatic carbocycles. The molecule has 2 rings (SSSR count). The third-order valence-electron chi connectivity index (χ3n) is 2.60. The molecule has 0 heterocycles. The molecule has 1 aliphatic carbocycles. The van der Waals surface area contributed by atoms with Gasteiger partial charge in [-0.25, -0.2) is 0 Å². The molecule has 0 N–H and O–H groups in total. The lowest BCUT2D eigenvalue weighted by Gasteiger charge is -2.26. The molecule has 4 heteroatoms. The average molecular weight is 334 g/mol. The van der Waals surface area contributed by atoms with Crippen LogP contribution in [0.1, 0.15) is 22.3 Å². The summed E-state index contributed by atoms with van der Waals surface area (Å²) in [6.07, 6.45) is 1.66. The molecule has 0 aliphatic heterocycles. The number of benzene rings is 1. The fraction of sp³-hybridized carbons (Fsp3) is 0.364. The van der Waals surface area contributed by atoms with Gasteiger partial charge in [0.15, 0.2) is 5.78 Å². The molecule has 0 atom stereocenters. The van der Waals surface area contributed by atoms with Gasteiger partial charge in [-0.3, -0.25) is 4.79 Å². The molecule has 1 aromatic rings. The number of carbonyl (C=O) groups excluding carboxylic acids is 1. The summed E-state index contributed by atoms with van der Waals surface area (Å²) in [5, 5.41) is 0. The van der Waals surface area contributed by atoms with E-state index in [0.717, 1.165) is 29.7 Å². The number of alkyl halides is 2. The van der Waals surface area contributed by atoms with Crippen molar-refractivity contribution >= 4 is 37.6 Å². The molecule has 0 aromatic heterocycles. The zero-order chi connectivity index (χ0) is 11.1. The van der Waals surface area contributed by atoms with Crippen molar-refractivity contribution in [1.82, 2.24) is 0 Å². The lowest BCUT2D eigenvalue weighted by molar-refractivity contribution is 0.0972. The Morgan fingerprint density at radius 2 is 2.13 bits per heavy atom. The van der Waals surface area contributed by atoms with Gasteiger partial charge in [-0.1, -0.05) is 37.9 Å². The van der Waals surface area contributed by atoms with Crippen LogP contribution in [0.2, 0.25) is 0 Å². The first kappa shape index (κ1) is 11.1. The van der Waals surface area contributed by atoms with Gasteiger partial charge in [0, 0.05) is 5.56 Å². The molecule has 2 nitrogen and oxygen atoms in total. The SMILES string of the molecule is COc1ccc2c(c1)C(=O)C(Br)(Br)CC2. The van der Waals surface area contributed by atoms with Crippen molar-refractivity contribution in [2.24, 2.45) is 0 Å². The molecular formula is C11H10Br2O2. The minimum Gasteiger partial charge on any atom is -0.497 e. The minimum absolute atomic E-state index is 0.0719. The second-order valence-corrected chi connectivity index (χ2v) is 7.33. The zero-order valence-electron chi connectivity index (χ0n) is 8.22.